The quantitative estimate of drug-likeness (QED) is 0.385. The van der Waals surface area contributed by atoms with Crippen molar-refractivity contribution in [2.45, 2.75) is 0 Å². The lowest BCUT2D eigenvalue weighted by atomic mass is 10.6. The smallest absolute Gasteiger partial charge is 0.115 e. The first-order chi connectivity index (χ1) is 3.93. The fourth-order valence-electron chi connectivity index (χ4n) is 0.482. The van der Waals surface area contributed by atoms with Gasteiger partial charge in [-0.25, -0.2) is 0 Å². The molecule has 0 aromatic rings. The van der Waals surface area contributed by atoms with E-state index in [1.165, 1.54) is 6.34 Å². The van der Waals surface area contributed by atoms with Gasteiger partial charge in [-0.3, -0.25) is 10.4 Å². The third kappa shape index (κ3) is 0.932. The van der Waals surface area contributed by atoms with E-state index in [1.807, 2.05) is 0 Å². The van der Waals surface area contributed by atoms with Crippen molar-refractivity contribution >= 4 is 12.6 Å². The summed E-state index contributed by atoms with van der Waals surface area (Å²) in [5.41, 5.74) is 0. The monoisotopic (exact) mass is 109 g/mol. The van der Waals surface area contributed by atoms with E-state index in [0.717, 1.165) is 0 Å². The maximum Gasteiger partial charge on any atom is 0.115 e. The third-order valence-corrected chi connectivity index (χ3v) is 0.880. The van der Waals surface area contributed by atoms with E-state index in [0.29, 0.717) is 6.67 Å². The van der Waals surface area contributed by atoms with Crippen molar-refractivity contribution in [3.8, 4) is 0 Å². The zero-order chi connectivity index (χ0) is 5.82. The van der Waals surface area contributed by atoms with Crippen molar-refractivity contribution in [1.29, 1.82) is 5.41 Å². The number of nitrogens with one attached hydrogen (secondary N) is 1. The zero-order valence-corrected chi connectivity index (χ0v) is 4.41. The van der Waals surface area contributed by atoms with E-state index < -0.39 is 0 Å². The number of allylic oxidation sites excluding steroid dienone is 1. The van der Waals surface area contributed by atoms with Crippen LogP contribution >= 0.6 is 0 Å². The van der Waals surface area contributed by atoms with Crippen LogP contribution in [-0.4, -0.2) is 24.1 Å². The van der Waals surface area contributed by atoms with Gasteiger partial charge in [0, 0.05) is 12.4 Å². The van der Waals surface area contributed by atoms with Gasteiger partial charge >= 0.3 is 0 Å². The maximum absolute atomic E-state index is 6.77. The fraction of sp³-hybridized carbons (Fsp3) is 0.200. The lowest BCUT2D eigenvalue weighted by molar-refractivity contribution is 0.584. The molecule has 1 aliphatic heterocycles. The Morgan fingerprint density at radius 3 is 3.00 bits per heavy atom. The van der Waals surface area contributed by atoms with Gasteiger partial charge in [0.05, 0.1) is 6.34 Å². The average Bonchev–Trinajstić information content (AvgIpc) is 1.90. The van der Waals surface area contributed by atoms with Crippen LogP contribution in [0.3, 0.4) is 0 Å². The molecule has 0 atom stereocenters. The molecule has 1 aliphatic rings. The minimum absolute atomic E-state index is 0.583. The summed E-state index contributed by atoms with van der Waals surface area (Å²) in [7, 11) is 0. The number of nitrogens with zero attached hydrogens (tertiary/aromatic N) is 2. The van der Waals surface area contributed by atoms with Crippen LogP contribution in [0, 0.1) is 5.41 Å². The molecule has 0 unspecified atom stereocenters. The number of hydrogen-bond donors (Lipinski definition) is 1. The van der Waals surface area contributed by atoms with Crippen LogP contribution in [0.2, 0.25) is 0 Å². The summed E-state index contributed by atoms with van der Waals surface area (Å²) in [4.78, 5) is 5.57. The molecular weight excluding hydrogens is 102 g/mol. The molecule has 0 aromatic heterocycles. The molecule has 1 heterocycles. The third-order valence-electron chi connectivity index (χ3n) is 0.880. The minimum atomic E-state index is 0.583. The summed E-state index contributed by atoms with van der Waals surface area (Å²) >= 11 is 0. The molecule has 1 N–H and O–H groups in total. The molecule has 0 radical (unpaired) electrons. The van der Waals surface area contributed by atoms with E-state index >= 15 is 0 Å². The summed E-state index contributed by atoms with van der Waals surface area (Å²) in [5.74, 6) is 0. The molecule has 0 bridgehead atoms. The molecule has 0 aromatic carbocycles. The molecular formula is C5H7N3. The highest BCUT2D eigenvalue weighted by atomic mass is 15.2. The summed E-state index contributed by atoms with van der Waals surface area (Å²) in [5, 5.41) is 6.77. The minimum Gasteiger partial charge on any atom is -0.319 e. The van der Waals surface area contributed by atoms with Crippen molar-refractivity contribution in [3.63, 3.8) is 0 Å². The number of hydrogen-bond acceptors (Lipinski definition) is 2. The lowest BCUT2D eigenvalue weighted by Gasteiger charge is -2.11. The Morgan fingerprint density at radius 2 is 2.62 bits per heavy atom. The first-order valence-corrected chi connectivity index (χ1v) is 2.36. The number of aliphatic imine (C=N–C) groups is 1. The first kappa shape index (κ1) is 5.03. The molecule has 0 saturated heterocycles. The summed E-state index contributed by atoms with van der Waals surface area (Å²) in [6.45, 7) is 0.583. The highest BCUT2D eigenvalue weighted by molar-refractivity contribution is 5.73. The summed E-state index contributed by atoms with van der Waals surface area (Å²) in [6.07, 6.45) is 6.57. The Balaban J connectivity index is 2.51. The Hall–Kier alpha value is -1.12. The van der Waals surface area contributed by atoms with E-state index in [2.05, 4.69) is 4.99 Å². The predicted octanol–water partition coefficient (Wildman–Crippen LogP) is 0.451. The Labute approximate surface area is 47.8 Å². The van der Waals surface area contributed by atoms with Gasteiger partial charge in [-0.2, -0.15) is 0 Å². The van der Waals surface area contributed by atoms with E-state index in [9.17, 15) is 0 Å². The normalized spacial score (nSPS) is 16.8. The van der Waals surface area contributed by atoms with Crippen molar-refractivity contribution in [2.24, 2.45) is 4.99 Å². The topological polar surface area (TPSA) is 39.5 Å². The second-order valence-electron chi connectivity index (χ2n) is 1.46. The second-order valence-corrected chi connectivity index (χ2v) is 1.46. The molecule has 42 valence electrons. The molecule has 0 amide bonds. The second kappa shape index (κ2) is 2.26. The van der Waals surface area contributed by atoms with Gasteiger partial charge in [-0.15, -0.1) is 0 Å². The van der Waals surface area contributed by atoms with Gasteiger partial charge < -0.3 is 4.90 Å². The van der Waals surface area contributed by atoms with Gasteiger partial charge in [-0.1, -0.05) is 0 Å². The highest BCUT2D eigenvalue weighted by Gasteiger charge is 1.91. The van der Waals surface area contributed by atoms with Crippen molar-refractivity contribution in [2.75, 3.05) is 6.67 Å². The van der Waals surface area contributed by atoms with Crippen LogP contribution < -0.4 is 0 Å². The summed E-state index contributed by atoms with van der Waals surface area (Å²) in [6, 6.07) is 0. The van der Waals surface area contributed by atoms with E-state index in [1.54, 1.807) is 23.4 Å². The zero-order valence-electron chi connectivity index (χ0n) is 4.41. The van der Waals surface area contributed by atoms with Crippen LogP contribution in [0.25, 0.3) is 0 Å². The Morgan fingerprint density at radius 1 is 1.75 bits per heavy atom. The lowest BCUT2D eigenvalue weighted by Crippen LogP contribution is -2.16. The molecule has 3 heteroatoms. The Kier molecular flexibility index (Phi) is 1.42. The van der Waals surface area contributed by atoms with Crippen LogP contribution in [0.5, 0.6) is 0 Å². The molecule has 8 heavy (non-hydrogen) atoms. The standard InChI is InChI=1S/C5H7N3/c6-4-8-3-1-2-7-5-8/h1-4,6H,5H2. The molecule has 0 aliphatic carbocycles. The van der Waals surface area contributed by atoms with Gasteiger partial charge in [0.25, 0.3) is 0 Å². The van der Waals surface area contributed by atoms with Gasteiger partial charge in [0.15, 0.2) is 0 Å². The van der Waals surface area contributed by atoms with E-state index in [-0.39, 0.29) is 0 Å². The SMILES string of the molecule is N=CN1C=CC=NC1. The molecule has 1 rings (SSSR count). The predicted molar refractivity (Wildman–Crippen MR) is 33.1 cm³/mol. The van der Waals surface area contributed by atoms with Crippen molar-refractivity contribution < 1.29 is 0 Å². The van der Waals surface area contributed by atoms with Crippen LogP contribution in [-0.2, 0) is 0 Å². The fourth-order valence-corrected chi connectivity index (χ4v) is 0.482. The largest absolute Gasteiger partial charge is 0.319 e. The molecule has 0 fully saturated rings. The maximum atomic E-state index is 6.77. The Bertz CT molecular complexity index is 137. The van der Waals surface area contributed by atoms with Crippen molar-refractivity contribution in [1.82, 2.24) is 4.90 Å². The van der Waals surface area contributed by atoms with Gasteiger partial charge in [0.2, 0.25) is 0 Å². The molecule has 0 saturated carbocycles. The van der Waals surface area contributed by atoms with Crippen LogP contribution in [0.4, 0.5) is 0 Å². The molecule has 0 spiro atoms. The van der Waals surface area contributed by atoms with Crippen molar-refractivity contribution in [3.05, 3.63) is 12.3 Å². The highest BCUT2D eigenvalue weighted by Crippen LogP contribution is 1.88. The molecule has 3 nitrogen and oxygen atoms in total. The van der Waals surface area contributed by atoms with E-state index in [4.69, 9.17) is 5.41 Å². The number of rotatable bonds is 1. The average molecular weight is 109 g/mol. The van der Waals surface area contributed by atoms with Gasteiger partial charge in [-0.05, 0) is 6.08 Å². The first-order valence-electron chi connectivity index (χ1n) is 2.36. The van der Waals surface area contributed by atoms with Crippen LogP contribution in [0.15, 0.2) is 17.3 Å². The van der Waals surface area contributed by atoms with Gasteiger partial charge in [0.1, 0.15) is 6.67 Å². The summed E-state index contributed by atoms with van der Waals surface area (Å²) < 4.78 is 0. The van der Waals surface area contributed by atoms with Crippen LogP contribution in [0.1, 0.15) is 0 Å².